The first-order valence-corrected chi connectivity index (χ1v) is 14.0. The quantitative estimate of drug-likeness (QED) is 0.303. The molecule has 1 N–H and O–H groups in total. The van der Waals surface area contributed by atoms with Crippen LogP contribution in [0.4, 0.5) is 0 Å². The highest BCUT2D eigenvalue weighted by Gasteiger charge is 2.22. The number of aromatic nitrogens is 8. The SMILES string of the molecule is Cc1cc(-c2nnc(SCC(=O)Nn3c(C)nc4sc(C)cc4c3=O)n2CC(C)C)c2c(C)nn(C)c2n1. The summed E-state index contributed by atoms with van der Waals surface area (Å²) in [6, 6.07) is 3.80. The molecular formula is C25H29N9O2S2. The van der Waals surface area contributed by atoms with Crippen LogP contribution in [0, 0.1) is 33.6 Å². The monoisotopic (exact) mass is 551 g/mol. The third kappa shape index (κ3) is 4.71. The number of nitrogens with zero attached hydrogens (tertiary/aromatic N) is 8. The van der Waals surface area contributed by atoms with Gasteiger partial charge in [-0.2, -0.15) is 5.10 Å². The number of fused-ring (bicyclic) bond motifs is 2. The second-order valence-corrected chi connectivity index (χ2v) is 11.9. The van der Waals surface area contributed by atoms with E-state index in [0.717, 1.165) is 32.9 Å². The molecule has 5 heterocycles. The molecule has 1 amide bonds. The summed E-state index contributed by atoms with van der Waals surface area (Å²) >= 11 is 2.74. The normalized spacial score (nSPS) is 11.8. The first kappa shape index (κ1) is 26.0. The van der Waals surface area contributed by atoms with E-state index in [9.17, 15) is 9.59 Å². The predicted octanol–water partition coefficient (Wildman–Crippen LogP) is 3.75. The van der Waals surface area contributed by atoms with Crippen molar-refractivity contribution in [3.05, 3.63) is 44.6 Å². The first-order valence-electron chi connectivity index (χ1n) is 12.2. The molecule has 0 aliphatic heterocycles. The summed E-state index contributed by atoms with van der Waals surface area (Å²) < 4.78 is 5.03. The summed E-state index contributed by atoms with van der Waals surface area (Å²) in [5.74, 6) is 1.18. The van der Waals surface area contributed by atoms with Crippen LogP contribution in [0.15, 0.2) is 22.1 Å². The lowest BCUT2D eigenvalue weighted by Crippen LogP contribution is -2.36. The Labute approximate surface area is 227 Å². The Balaban J connectivity index is 1.44. The number of rotatable bonds is 7. The lowest BCUT2D eigenvalue weighted by atomic mass is 10.1. The molecule has 0 radical (unpaired) electrons. The highest BCUT2D eigenvalue weighted by molar-refractivity contribution is 7.99. The van der Waals surface area contributed by atoms with Crippen molar-refractivity contribution < 1.29 is 4.79 Å². The Hall–Kier alpha value is -3.58. The third-order valence-corrected chi connectivity index (χ3v) is 7.94. The zero-order chi connectivity index (χ0) is 27.3. The summed E-state index contributed by atoms with van der Waals surface area (Å²) in [5, 5.41) is 15.6. The van der Waals surface area contributed by atoms with Crippen LogP contribution < -0.4 is 11.0 Å². The van der Waals surface area contributed by atoms with Gasteiger partial charge in [0, 0.05) is 29.7 Å². The van der Waals surface area contributed by atoms with E-state index in [1.54, 1.807) is 17.7 Å². The van der Waals surface area contributed by atoms with E-state index >= 15 is 0 Å². The molecule has 0 spiro atoms. The fourth-order valence-corrected chi connectivity index (χ4v) is 6.15. The van der Waals surface area contributed by atoms with Crippen molar-refractivity contribution >= 4 is 50.3 Å². The summed E-state index contributed by atoms with van der Waals surface area (Å²) in [6.07, 6.45) is 0. The molecule has 0 saturated heterocycles. The Morgan fingerprint density at radius 2 is 1.89 bits per heavy atom. The van der Waals surface area contributed by atoms with Crippen LogP contribution in [0.1, 0.15) is 35.9 Å². The maximum absolute atomic E-state index is 12.9. The van der Waals surface area contributed by atoms with Crippen LogP contribution in [0.25, 0.3) is 32.6 Å². The van der Waals surface area contributed by atoms with Gasteiger partial charge in [-0.15, -0.1) is 21.5 Å². The van der Waals surface area contributed by atoms with Gasteiger partial charge in [-0.05, 0) is 45.7 Å². The smallest absolute Gasteiger partial charge is 0.281 e. The van der Waals surface area contributed by atoms with Gasteiger partial charge in [-0.25, -0.2) is 14.6 Å². The van der Waals surface area contributed by atoms with Crippen molar-refractivity contribution in [3.63, 3.8) is 0 Å². The van der Waals surface area contributed by atoms with Gasteiger partial charge in [-0.1, -0.05) is 25.6 Å². The van der Waals surface area contributed by atoms with E-state index in [0.29, 0.717) is 39.5 Å². The van der Waals surface area contributed by atoms with Crippen LogP contribution in [0.5, 0.6) is 0 Å². The molecule has 0 aliphatic rings. The number of hydrogen-bond donors (Lipinski definition) is 1. The van der Waals surface area contributed by atoms with Gasteiger partial charge >= 0.3 is 0 Å². The molecule has 5 rings (SSSR count). The Bertz CT molecular complexity index is 1760. The molecule has 5 aromatic rings. The zero-order valence-electron chi connectivity index (χ0n) is 22.4. The number of thiophene rings is 1. The Morgan fingerprint density at radius 1 is 1.13 bits per heavy atom. The third-order valence-electron chi connectivity index (χ3n) is 6.03. The van der Waals surface area contributed by atoms with Gasteiger partial charge in [0.15, 0.2) is 16.6 Å². The van der Waals surface area contributed by atoms with Gasteiger partial charge in [0.1, 0.15) is 10.7 Å². The van der Waals surface area contributed by atoms with E-state index in [1.165, 1.54) is 27.8 Å². The van der Waals surface area contributed by atoms with E-state index in [2.05, 4.69) is 44.5 Å². The fourth-order valence-electron chi connectivity index (χ4n) is 4.49. The topological polar surface area (TPSA) is 125 Å². The molecule has 0 aliphatic carbocycles. The molecule has 13 heteroatoms. The molecule has 5 aromatic heterocycles. The molecule has 0 fully saturated rings. The standard InChI is InChI=1S/C25H29N9O2S2/c1-12(2)10-33-21(17-8-13(3)26-22-20(17)15(5)30-32(22)7)28-29-25(33)37-11-19(35)31-34-16(6)27-23-18(24(34)36)9-14(4)38-23/h8-9,12H,10-11H2,1-7H3,(H,31,35). The fraction of sp³-hybridized carbons (Fsp3) is 0.400. The number of carbonyl (C=O) groups is 1. The minimum atomic E-state index is -0.334. The number of aryl methyl sites for hydroxylation is 5. The largest absolute Gasteiger partial charge is 0.302 e. The highest BCUT2D eigenvalue weighted by atomic mass is 32.2. The van der Waals surface area contributed by atoms with Crippen molar-refractivity contribution in [1.29, 1.82) is 0 Å². The molecule has 38 heavy (non-hydrogen) atoms. The maximum atomic E-state index is 12.9. The number of amides is 1. The van der Waals surface area contributed by atoms with Crippen molar-refractivity contribution in [2.24, 2.45) is 13.0 Å². The lowest BCUT2D eigenvalue weighted by Gasteiger charge is -2.14. The first-order chi connectivity index (χ1) is 18.0. The molecular weight excluding hydrogens is 522 g/mol. The molecule has 0 unspecified atom stereocenters. The summed E-state index contributed by atoms with van der Waals surface area (Å²) in [7, 11) is 1.88. The van der Waals surface area contributed by atoms with E-state index in [4.69, 9.17) is 0 Å². The summed E-state index contributed by atoms with van der Waals surface area (Å²) in [4.78, 5) is 36.7. The van der Waals surface area contributed by atoms with E-state index < -0.39 is 0 Å². The maximum Gasteiger partial charge on any atom is 0.281 e. The van der Waals surface area contributed by atoms with Crippen LogP contribution in [-0.2, 0) is 18.4 Å². The second kappa shape index (κ2) is 9.95. The minimum absolute atomic E-state index is 0.0551. The number of nitrogens with one attached hydrogen (secondary N) is 1. The number of carbonyl (C=O) groups excluding carboxylic acids is 1. The number of pyridine rings is 1. The van der Waals surface area contributed by atoms with Gasteiger partial charge in [0.2, 0.25) is 5.91 Å². The minimum Gasteiger partial charge on any atom is -0.302 e. The van der Waals surface area contributed by atoms with Gasteiger partial charge in [-0.3, -0.25) is 19.7 Å². The van der Waals surface area contributed by atoms with E-state index in [-0.39, 0.29) is 17.2 Å². The Kier molecular flexibility index (Phi) is 6.82. The van der Waals surface area contributed by atoms with Crippen LogP contribution in [0.2, 0.25) is 0 Å². The lowest BCUT2D eigenvalue weighted by molar-refractivity contribution is -0.114. The highest BCUT2D eigenvalue weighted by Crippen LogP contribution is 2.32. The number of thioether (sulfide) groups is 1. The average molecular weight is 552 g/mol. The molecule has 0 atom stereocenters. The second-order valence-electron chi connectivity index (χ2n) is 9.73. The summed E-state index contributed by atoms with van der Waals surface area (Å²) in [5.41, 5.74) is 5.84. The molecule has 0 saturated carbocycles. The van der Waals surface area contributed by atoms with Crippen molar-refractivity contribution in [3.8, 4) is 11.4 Å². The average Bonchev–Trinajstić information content (AvgIpc) is 3.49. The summed E-state index contributed by atoms with van der Waals surface area (Å²) in [6.45, 7) is 12.5. The number of hydrogen-bond acceptors (Lipinski definition) is 9. The van der Waals surface area contributed by atoms with Gasteiger partial charge in [0.05, 0.1) is 22.2 Å². The van der Waals surface area contributed by atoms with Crippen molar-refractivity contribution in [2.75, 3.05) is 11.2 Å². The van der Waals surface area contributed by atoms with Crippen molar-refractivity contribution in [2.45, 2.75) is 53.2 Å². The molecule has 11 nitrogen and oxygen atoms in total. The Morgan fingerprint density at radius 3 is 2.63 bits per heavy atom. The van der Waals surface area contributed by atoms with Crippen LogP contribution >= 0.6 is 23.1 Å². The van der Waals surface area contributed by atoms with E-state index in [1.807, 2.05) is 38.5 Å². The predicted molar refractivity (Wildman–Crippen MR) is 150 cm³/mol. The molecule has 198 valence electrons. The molecule has 0 bridgehead atoms. The zero-order valence-corrected chi connectivity index (χ0v) is 24.0. The van der Waals surface area contributed by atoms with Crippen LogP contribution in [-0.4, -0.2) is 50.8 Å². The van der Waals surface area contributed by atoms with Gasteiger partial charge < -0.3 is 4.57 Å². The van der Waals surface area contributed by atoms with Gasteiger partial charge in [0.25, 0.3) is 5.56 Å². The van der Waals surface area contributed by atoms with Crippen molar-refractivity contribution in [1.82, 2.24) is 39.2 Å². The van der Waals surface area contributed by atoms with Crippen LogP contribution in [0.3, 0.4) is 0 Å². The molecule has 0 aromatic carbocycles.